The van der Waals surface area contributed by atoms with Crippen molar-refractivity contribution in [3.8, 4) is 0 Å². The summed E-state index contributed by atoms with van der Waals surface area (Å²) < 4.78 is 13.6. The Kier molecular flexibility index (Phi) is 5.77. The van der Waals surface area contributed by atoms with Crippen LogP contribution in [0.3, 0.4) is 0 Å². The van der Waals surface area contributed by atoms with Crippen LogP contribution in [0.2, 0.25) is 0 Å². The molecule has 6 heteroatoms. The Morgan fingerprint density at radius 3 is 2.78 bits per heavy atom. The van der Waals surface area contributed by atoms with E-state index in [1.54, 1.807) is 0 Å². The van der Waals surface area contributed by atoms with E-state index in [0.717, 1.165) is 19.5 Å². The van der Waals surface area contributed by atoms with Crippen LogP contribution in [-0.4, -0.2) is 48.1 Å². The molecule has 0 aliphatic heterocycles. The fourth-order valence-corrected chi connectivity index (χ4v) is 1.62. The van der Waals surface area contributed by atoms with Gasteiger partial charge in [-0.1, -0.05) is 6.92 Å². The third kappa shape index (κ3) is 4.83. The Bertz CT molecular complexity index is 369. The Hall–Kier alpha value is -1.43. The highest BCUT2D eigenvalue weighted by molar-refractivity contribution is 5.41. The fourth-order valence-electron chi connectivity index (χ4n) is 1.62. The lowest BCUT2D eigenvalue weighted by Crippen LogP contribution is -2.30. The number of rotatable bonds is 7. The highest BCUT2D eigenvalue weighted by atomic mass is 19.1. The number of aromatic nitrogens is 2. The third-order valence-electron chi connectivity index (χ3n) is 2.30. The van der Waals surface area contributed by atoms with Gasteiger partial charge in [0.2, 0.25) is 5.95 Å². The van der Waals surface area contributed by atoms with Crippen molar-refractivity contribution in [1.82, 2.24) is 14.9 Å². The Morgan fingerprint density at radius 1 is 1.44 bits per heavy atom. The quantitative estimate of drug-likeness (QED) is 0.778. The summed E-state index contributed by atoms with van der Waals surface area (Å²) in [4.78, 5) is 10.1. The van der Waals surface area contributed by atoms with E-state index in [4.69, 9.17) is 0 Å². The second-order valence-electron chi connectivity index (χ2n) is 4.62. The van der Waals surface area contributed by atoms with Gasteiger partial charge < -0.3 is 15.5 Å². The highest BCUT2D eigenvalue weighted by Gasteiger charge is 2.10. The molecular formula is C12H22FN5. The average Bonchev–Trinajstić information content (AvgIpc) is 2.29. The maximum absolute atomic E-state index is 13.6. The minimum Gasteiger partial charge on any atom is -0.364 e. The number of anilines is 2. The molecule has 1 aromatic rings. The monoisotopic (exact) mass is 255 g/mol. The molecule has 0 spiro atoms. The Balaban J connectivity index is 2.68. The van der Waals surface area contributed by atoms with Gasteiger partial charge in [0.25, 0.3) is 0 Å². The van der Waals surface area contributed by atoms with Crippen molar-refractivity contribution in [2.24, 2.45) is 0 Å². The topological polar surface area (TPSA) is 53.1 Å². The lowest BCUT2D eigenvalue weighted by atomic mass is 10.3. The zero-order valence-electron chi connectivity index (χ0n) is 11.5. The minimum atomic E-state index is -0.428. The second kappa shape index (κ2) is 7.10. The molecule has 5 nitrogen and oxygen atoms in total. The summed E-state index contributed by atoms with van der Waals surface area (Å²) in [7, 11) is 3.95. The fraction of sp³-hybridized carbons (Fsp3) is 0.667. The number of nitrogens with zero attached hydrogens (tertiary/aromatic N) is 3. The first-order chi connectivity index (χ1) is 8.52. The van der Waals surface area contributed by atoms with Crippen molar-refractivity contribution in [3.05, 3.63) is 12.0 Å². The van der Waals surface area contributed by atoms with Crippen molar-refractivity contribution in [2.45, 2.75) is 26.3 Å². The summed E-state index contributed by atoms with van der Waals surface area (Å²) in [5.74, 6) is 0.276. The summed E-state index contributed by atoms with van der Waals surface area (Å²) in [6.45, 7) is 5.62. The molecule has 2 N–H and O–H groups in total. The van der Waals surface area contributed by atoms with Gasteiger partial charge in [0.1, 0.15) is 0 Å². The van der Waals surface area contributed by atoms with Crippen LogP contribution in [0.15, 0.2) is 6.20 Å². The second-order valence-corrected chi connectivity index (χ2v) is 4.62. The molecule has 0 saturated carbocycles. The molecular weight excluding hydrogens is 233 g/mol. The molecule has 1 rings (SSSR count). The van der Waals surface area contributed by atoms with E-state index >= 15 is 0 Å². The molecule has 0 aromatic carbocycles. The summed E-state index contributed by atoms with van der Waals surface area (Å²) in [6, 6.07) is 0.114. The van der Waals surface area contributed by atoms with Crippen molar-refractivity contribution in [1.29, 1.82) is 0 Å². The molecule has 102 valence electrons. The predicted molar refractivity (Wildman–Crippen MR) is 72.4 cm³/mol. The SMILES string of the molecule is CCCNc1ncc(F)c(NC(C)CN(C)C)n1. The third-order valence-corrected chi connectivity index (χ3v) is 2.30. The summed E-state index contributed by atoms with van der Waals surface area (Å²) in [6.07, 6.45) is 2.16. The summed E-state index contributed by atoms with van der Waals surface area (Å²) in [5.41, 5.74) is 0. The number of hydrogen-bond acceptors (Lipinski definition) is 5. The molecule has 0 aliphatic rings. The van der Waals surface area contributed by atoms with Crippen LogP contribution in [0.25, 0.3) is 0 Å². The van der Waals surface area contributed by atoms with E-state index < -0.39 is 5.82 Å². The van der Waals surface area contributed by atoms with Crippen LogP contribution in [0.4, 0.5) is 16.2 Å². The molecule has 1 atom stereocenters. The Morgan fingerprint density at radius 2 is 2.17 bits per heavy atom. The van der Waals surface area contributed by atoms with E-state index in [0.29, 0.717) is 5.95 Å². The Labute approximate surface area is 108 Å². The standard InChI is InChI=1S/C12H22FN5/c1-5-6-14-12-15-7-10(13)11(17-12)16-9(2)8-18(3)4/h7,9H,5-6,8H2,1-4H3,(H2,14,15,16,17). The largest absolute Gasteiger partial charge is 0.364 e. The first-order valence-electron chi connectivity index (χ1n) is 6.20. The van der Waals surface area contributed by atoms with Gasteiger partial charge in [0.05, 0.1) is 6.20 Å². The van der Waals surface area contributed by atoms with Gasteiger partial charge in [-0.3, -0.25) is 0 Å². The molecule has 0 saturated heterocycles. The summed E-state index contributed by atoms with van der Waals surface area (Å²) in [5, 5.41) is 6.09. The van der Waals surface area contributed by atoms with E-state index in [1.165, 1.54) is 6.20 Å². The zero-order chi connectivity index (χ0) is 13.5. The molecule has 1 aromatic heterocycles. The zero-order valence-corrected chi connectivity index (χ0v) is 11.5. The van der Waals surface area contributed by atoms with Gasteiger partial charge in [-0.2, -0.15) is 4.98 Å². The van der Waals surface area contributed by atoms with E-state index in [2.05, 4.69) is 27.5 Å². The van der Waals surface area contributed by atoms with Crippen LogP contribution < -0.4 is 10.6 Å². The normalized spacial score (nSPS) is 12.6. The molecule has 0 radical (unpaired) electrons. The molecule has 1 unspecified atom stereocenters. The maximum atomic E-state index is 13.6. The highest BCUT2D eigenvalue weighted by Crippen LogP contribution is 2.13. The molecule has 0 bridgehead atoms. The van der Waals surface area contributed by atoms with Crippen molar-refractivity contribution in [3.63, 3.8) is 0 Å². The van der Waals surface area contributed by atoms with E-state index in [-0.39, 0.29) is 11.9 Å². The van der Waals surface area contributed by atoms with Crippen LogP contribution in [0.5, 0.6) is 0 Å². The molecule has 0 aliphatic carbocycles. The van der Waals surface area contributed by atoms with Crippen LogP contribution in [0.1, 0.15) is 20.3 Å². The van der Waals surface area contributed by atoms with Gasteiger partial charge in [-0.05, 0) is 27.4 Å². The van der Waals surface area contributed by atoms with E-state index in [1.807, 2.05) is 25.9 Å². The maximum Gasteiger partial charge on any atom is 0.224 e. The average molecular weight is 255 g/mol. The lowest BCUT2D eigenvalue weighted by Gasteiger charge is -2.19. The van der Waals surface area contributed by atoms with Gasteiger partial charge in [0.15, 0.2) is 11.6 Å². The van der Waals surface area contributed by atoms with Crippen LogP contribution >= 0.6 is 0 Å². The molecule has 1 heterocycles. The van der Waals surface area contributed by atoms with E-state index in [9.17, 15) is 4.39 Å². The lowest BCUT2D eigenvalue weighted by molar-refractivity contribution is 0.391. The number of nitrogens with one attached hydrogen (secondary N) is 2. The number of likely N-dealkylation sites (N-methyl/N-ethyl adjacent to an activating group) is 1. The minimum absolute atomic E-state index is 0.114. The first kappa shape index (κ1) is 14.6. The molecule has 0 fully saturated rings. The van der Waals surface area contributed by atoms with Gasteiger partial charge in [-0.25, -0.2) is 9.37 Å². The van der Waals surface area contributed by atoms with Crippen LogP contribution in [0, 0.1) is 5.82 Å². The number of hydrogen-bond donors (Lipinski definition) is 2. The smallest absolute Gasteiger partial charge is 0.224 e. The molecule has 0 amide bonds. The van der Waals surface area contributed by atoms with Crippen molar-refractivity contribution < 1.29 is 4.39 Å². The van der Waals surface area contributed by atoms with Crippen LogP contribution in [-0.2, 0) is 0 Å². The van der Waals surface area contributed by atoms with Gasteiger partial charge >= 0.3 is 0 Å². The van der Waals surface area contributed by atoms with Gasteiger partial charge in [0, 0.05) is 19.1 Å². The molecule has 18 heavy (non-hydrogen) atoms. The predicted octanol–water partition coefficient (Wildman–Crippen LogP) is 1.80. The van der Waals surface area contributed by atoms with Crippen molar-refractivity contribution in [2.75, 3.05) is 37.8 Å². The first-order valence-corrected chi connectivity index (χ1v) is 6.20. The number of halogens is 1. The summed E-state index contributed by atoms with van der Waals surface area (Å²) >= 11 is 0. The van der Waals surface area contributed by atoms with Gasteiger partial charge in [-0.15, -0.1) is 0 Å². The van der Waals surface area contributed by atoms with Crippen molar-refractivity contribution >= 4 is 11.8 Å².